The van der Waals surface area contributed by atoms with Crippen molar-refractivity contribution in [2.24, 2.45) is 11.3 Å². The molecule has 0 N–H and O–H groups in total. The van der Waals surface area contributed by atoms with Crippen LogP contribution in [-0.4, -0.2) is 18.0 Å². The smallest absolute Gasteiger partial charge is 0.164 e. The SMILES string of the molecule is CCOC1(C(=O)CCC(C)C)CCC(C)(C)CC1. The minimum atomic E-state index is -0.459. The zero-order valence-electron chi connectivity index (χ0n) is 12.8. The molecule has 0 bridgehead atoms. The fraction of sp³-hybridized carbons (Fsp3) is 0.938. The third-order valence-corrected chi connectivity index (χ3v) is 4.29. The Hall–Kier alpha value is -0.370. The summed E-state index contributed by atoms with van der Waals surface area (Å²) >= 11 is 0. The van der Waals surface area contributed by atoms with Gasteiger partial charge in [0.25, 0.3) is 0 Å². The third kappa shape index (κ3) is 4.08. The first-order chi connectivity index (χ1) is 8.31. The number of rotatable bonds is 6. The molecule has 0 aliphatic heterocycles. The fourth-order valence-corrected chi connectivity index (χ4v) is 2.76. The van der Waals surface area contributed by atoms with E-state index < -0.39 is 5.60 Å². The van der Waals surface area contributed by atoms with Crippen molar-refractivity contribution in [2.45, 2.75) is 78.7 Å². The molecule has 0 aromatic carbocycles. The number of hydrogen-bond donors (Lipinski definition) is 0. The molecular formula is C16H30O2. The zero-order chi connectivity index (χ0) is 13.8. The normalized spacial score (nSPS) is 22.1. The van der Waals surface area contributed by atoms with Crippen molar-refractivity contribution in [1.82, 2.24) is 0 Å². The van der Waals surface area contributed by atoms with Crippen LogP contribution >= 0.6 is 0 Å². The van der Waals surface area contributed by atoms with Gasteiger partial charge in [-0.2, -0.15) is 0 Å². The molecule has 0 amide bonds. The van der Waals surface area contributed by atoms with Gasteiger partial charge in [0.05, 0.1) is 0 Å². The van der Waals surface area contributed by atoms with Gasteiger partial charge in [0, 0.05) is 13.0 Å². The van der Waals surface area contributed by atoms with E-state index in [-0.39, 0.29) is 0 Å². The third-order valence-electron chi connectivity index (χ3n) is 4.29. The number of ether oxygens (including phenoxy) is 1. The van der Waals surface area contributed by atoms with Crippen molar-refractivity contribution < 1.29 is 9.53 Å². The first kappa shape index (κ1) is 15.7. The molecule has 1 aliphatic carbocycles. The van der Waals surface area contributed by atoms with Crippen molar-refractivity contribution in [1.29, 1.82) is 0 Å². The fourth-order valence-electron chi connectivity index (χ4n) is 2.76. The van der Waals surface area contributed by atoms with Crippen LogP contribution < -0.4 is 0 Å². The summed E-state index contributed by atoms with van der Waals surface area (Å²) in [7, 11) is 0. The van der Waals surface area contributed by atoms with Gasteiger partial charge in [0.1, 0.15) is 5.60 Å². The molecule has 1 rings (SSSR count). The Bertz CT molecular complexity index is 269. The van der Waals surface area contributed by atoms with Crippen LogP contribution in [0.25, 0.3) is 0 Å². The van der Waals surface area contributed by atoms with Crippen LogP contribution in [0.2, 0.25) is 0 Å². The van der Waals surface area contributed by atoms with Crippen LogP contribution in [-0.2, 0) is 9.53 Å². The minimum Gasteiger partial charge on any atom is -0.368 e. The molecule has 106 valence electrons. The molecule has 0 aromatic heterocycles. The molecule has 0 heterocycles. The van der Waals surface area contributed by atoms with Crippen LogP contribution in [0, 0.1) is 11.3 Å². The van der Waals surface area contributed by atoms with E-state index in [4.69, 9.17) is 4.74 Å². The van der Waals surface area contributed by atoms with Crippen LogP contribution in [0.1, 0.15) is 73.1 Å². The standard InChI is InChI=1S/C16H30O2/c1-6-18-16(14(17)8-7-13(2)3)11-9-15(4,5)10-12-16/h13H,6-12H2,1-5H3. The lowest BCUT2D eigenvalue weighted by atomic mass is 9.69. The lowest BCUT2D eigenvalue weighted by molar-refractivity contribution is -0.152. The highest BCUT2D eigenvalue weighted by Crippen LogP contribution is 2.43. The molecule has 2 heteroatoms. The average molecular weight is 254 g/mol. The van der Waals surface area contributed by atoms with E-state index >= 15 is 0 Å². The summed E-state index contributed by atoms with van der Waals surface area (Å²) in [4.78, 5) is 12.5. The molecule has 2 nitrogen and oxygen atoms in total. The first-order valence-electron chi connectivity index (χ1n) is 7.48. The quantitative estimate of drug-likeness (QED) is 0.703. The molecule has 0 spiro atoms. The van der Waals surface area contributed by atoms with E-state index in [1.54, 1.807) is 0 Å². The van der Waals surface area contributed by atoms with Crippen LogP contribution in [0.5, 0.6) is 0 Å². The maximum Gasteiger partial charge on any atom is 0.164 e. The van der Waals surface area contributed by atoms with Gasteiger partial charge in [0.15, 0.2) is 5.78 Å². The summed E-state index contributed by atoms with van der Waals surface area (Å²) in [5, 5.41) is 0. The number of Topliss-reactive ketones (excluding diaryl/α,β-unsaturated/α-hetero) is 1. The molecular weight excluding hydrogens is 224 g/mol. The summed E-state index contributed by atoms with van der Waals surface area (Å²) in [5.41, 5.74) is -0.0852. The van der Waals surface area contributed by atoms with Crippen molar-refractivity contribution in [3.8, 4) is 0 Å². The predicted octanol–water partition coefficient (Wildman–Crippen LogP) is 4.37. The van der Waals surface area contributed by atoms with E-state index in [1.165, 1.54) is 0 Å². The highest BCUT2D eigenvalue weighted by atomic mass is 16.5. The maximum atomic E-state index is 12.5. The predicted molar refractivity (Wildman–Crippen MR) is 75.7 cm³/mol. The average Bonchev–Trinajstić information content (AvgIpc) is 2.29. The zero-order valence-corrected chi connectivity index (χ0v) is 12.8. The minimum absolute atomic E-state index is 0.341. The second kappa shape index (κ2) is 6.18. The van der Waals surface area contributed by atoms with Gasteiger partial charge in [-0.3, -0.25) is 4.79 Å². The highest BCUT2D eigenvalue weighted by molar-refractivity contribution is 5.87. The second-order valence-corrected chi connectivity index (χ2v) is 6.95. The Kier molecular flexibility index (Phi) is 5.39. The summed E-state index contributed by atoms with van der Waals surface area (Å²) < 4.78 is 5.91. The summed E-state index contributed by atoms with van der Waals surface area (Å²) in [6, 6.07) is 0. The molecule has 1 saturated carbocycles. The molecule has 0 saturated heterocycles. The molecule has 1 fully saturated rings. The van der Waals surface area contributed by atoms with Gasteiger partial charge in [0.2, 0.25) is 0 Å². The van der Waals surface area contributed by atoms with Gasteiger partial charge in [-0.05, 0) is 50.4 Å². The lowest BCUT2D eigenvalue weighted by Gasteiger charge is -2.42. The number of carbonyl (C=O) groups excluding carboxylic acids is 1. The van der Waals surface area contributed by atoms with Crippen molar-refractivity contribution >= 4 is 5.78 Å². The van der Waals surface area contributed by atoms with Crippen molar-refractivity contribution in [3.63, 3.8) is 0 Å². The van der Waals surface area contributed by atoms with E-state index in [1.807, 2.05) is 6.92 Å². The molecule has 0 unspecified atom stereocenters. The Morgan fingerprint density at radius 2 is 1.72 bits per heavy atom. The molecule has 0 aromatic rings. The van der Waals surface area contributed by atoms with Crippen molar-refractivity contribution in [3.05, 3.63) is 0 Å². The second-order valence-electron chi connectivity index (χ2n) is 6.95. The molecule has 0 atom stereocenters. The van der Waals surface area contributed by atoms with Gasteiger partial charge in [-0.15, -0.1) is 0 Å². The highest BCUT2D eigenvalue weighted by Gasteiger charge is 2.43. The van der Waals surface area contributed by atoms with Crippen LogP contribution in [0.3, 0.4) is 0 Å². The Morgan fingerprint density at radius 3 is 2.17 bits per heavy atom. The van der Waals surface area contributed by atoms with E-state index in [2.05, 4.69) is 27.7 Å². The van der Waals surface area contributed by atoms with Gasteiger partial charge in [-0.1, -0.05) is 27.7 Å². The van der Waals surface area contributed by atoms with Crippen LogP contribution in [0.4, 0.5) is 0 Å². The topological polar surface area (TPSA) is 26.3 Å². The molecule has 18 heavy (non-hydrogen) atoms. The Labute approximate surface area is 112 Å². The van der Waals surface area contributed by atoms with E-state index in [0.29, 0.717) is 30.1 Å². The van der Waals surface area contributed by atoms with Gasteiger partial charge >= 0.3 is 0 Å². The monoisotopic (exact) mass is 254 g/mol. The van der Waals surface area contributed by atoms with Gasteiger partial charge < -0.3 is 4.74 Å². The lowest BCUT2D eigenvalue weighted by Crippen LogP contribution is -2.46. The van der Waals surface area contributed by atoms with Crippen LogP contribution in [0.15, 0.2) is 0 Å². The maximum absolute atomic E-state index is 12.5. The molecule has 1 aliphatic rings. The number of carbonyl (C=O) groups is 1. The summed E-state index contributed by atoms with van der Waals surface area (Å²) in [6.07, 6.45) is 5.67. The van der Waals surface area contributed by atoms with Crippen molar-refractivity contribution in [2.75, 3.05) is 6.61 Å². The first-order valence-corrected chi connectivity index (χ1v) is 7.48. The van der Waals surface area contributed by atoms with E-state index in [9.17, 15) is 4.79 Å². The molecule has 0 radical (unpaired) electrons. The Balaban J connectivity index is 2.66. The van der Waals surface area contributed by atoms with Gasteiger partial charge in [-0.25, -0.2) is 0 Å². The van der Waals surface area contributed by atoms with E-state index in [0.717, 1.165) is 32.1 Å². The summed E-state index contributed by atoms with van der Waals surface area (Å²) in [6.45, 7) is 11.6. The largest absolute Gasteiger partial charge is 0.368 e. The summed E-state index contributed by atoms with van der Waals surface area (Å²) in [5.74, 6) is 0.932. The Morgan fingerprint density at radius 1 is 1.17 bits per heavy atom. The number of hydrogen-bond acceptors (Lipinski definition) is 2. The number of ketones is 1.